The van der Waals surface area contributed by atoms with E-state index in [4.69, 9.17) is 0 Å². The topological polar surface area (TPSA) is 40.6 Å². The van der Waals surface area contributed by atoms with Gasteiger partial charge < -0.3 is 0 Å². The van der Waals surface area contributed by atoms with Gasteiger partial charge in [-0.15, -0.1) is 0 Å². The first kappa shape index (κ1) is 17.9. The Kier molecular flexibility index (Phi) is 5.15. The fourth-order valence-electron chi connectivity index (χ4n) is 2.58. The number of carbonyl (C=O) groups excluding carboxylic acids is 2. The van der Waals surface area contributed by atoms with Gasteiger partial charge in [0.25, 0.3) is 5.78 Å². The first-order valence-electron chi connectivity index (χ1n) is 7.04. The number of benzene rings is 1. The number of ketones is 1. The molecular formula is C15H16BrF3N2O2. The van der Waals surface area contributed by atoms with Crippen molar-refractivity contribution in [1.82, 2.24) is 4.90 Å². The van der Waals surface area contributed by atoms with E-state index in [1.165, 1.54) is 0 Å². The predicted octanol–water partition coefficient (Wildman–Crippen LogP) is 3.46. The molecule has 23 heavy (non-hydrogen) atoms. The molecule has 0 unspecified atom stereocenters. The van der Waals surface area contributed by atoms with E-state index < -0.39 is 24.4 Å². The van der Waals surface area contributed by atoms with Crippen LogP contribution in [0.3, 0.4) is 0 Å². The molecule has 0 atom stereocenters. The van der Waals surface area contributed by atoms with Gasteiger partial charge in [0, 0.05) is 11.0 Å². The molecule has 2 rings (SSSR count). The lowest BCUT2D eigenvalue weighted by molar-refractivity contribution is -0.147. The molecule has 1 aliphatic rings. The van der Waals surface area contributed by atoms with Crippen molar-refractivity contribution < 1.29 is 22.8 Å². The molecule has 0 spiro atoms. The van der Waals surface area contributed by atoms with Gasteiger partial charge in [0.1, 0.15) is 0 Å². The number of hydrogen-bond donors (Lipinski definition) is 0. The summed E-state index contributed by atoms with van der Waals surface area (Å²) in [6.45, 7) is 2.36. The van der Waals surface area contributed by atoms with Gasteiger partial charge in [0.05, 0.1) is 24.5 Å². The van der Waals surface area contributed by atoms with E-state index in [1.54, 1.807) is 32.0 Å². The summed E-state index contributed by atoms with van der Waals surface area (Å²) >= 11 is 3.20. The normalized spacial score (nSPS) is 15.0. The summed E-state index contributed by atoms with van der Waals surface area (Å²) in [5.41, 5.74) is 0.541. The molecule has 0 fully saturated rings. The Morgan fingerprint density at radius 2 is 1.91 bits per heavy atom. The van der Waals surface area contributed by atoms with Gasteiger partial charge in [-0.05, 0) is 34.0 Å². The first-order valence-corrected chi connectivity index (χ1v) is 7.83. The van der Waals surface area contributed by atoms with Crippen molar-refractivity contribution in [3.05, 3.63) is 28.2 Å². The molecule has 0 aromatic heterocycles. The van der Waals surface area contributed by atoms with Crippen molar-refractivity contribution in [2.75, 3.05) is 24.7 Å². The third kappa shape index (κ3) is 4.11. The molecular weight excluding hydrogens is 377 g/mol. The molecule has 4 nitrogen and oxygen atoms in total. The zero-order valence-electron chi connectivity index (χ0n) is 12.7. The third-order valence-electron chi connectivity index (χ3n) is 3.32. The standard InChI is InChI=1S/C15H16BrF3N2O2/c1-9(2)6-20(7-15(17,18)19)8-21-11-5-3-4-10(16)12(11)13(22)14(21)23/h3-5,9H,6-8H2,1-2H3. The number of halogens is 4. The molecule has 1 aromatic rings. The molecule has 1 amide bonds. The summed E-state index contributed by atoms with van der Waals surface area (Å²) in [7, 11) is 0. The van der Waals surface area contributed by atoms with Crippen molar-refractivity contribution in [2.45, 2.75) is 20.0 Å². The fourth-order valence-corrected chi connectivity index (χ4v) is 3.12. The number of fused-ring (bicyclic) bond motifs is 1. The fraction of sp³-hybridized carbons (Fsp3) is 0.467. The molecule has 0 N–H and O–H groups in total. The van der Waals surface area contributed by atoms with Crippen LogP contribution in [0.25, 0.3) is 0 Å². The van der Waals surface area contributed by atoms with Crippen LogP contribution < -0.4 is 4.90 Å². The van der Waals surface area contributed by atoms with Gasteiger partial charge in [-0.3, -0.25) is 19.4 Å². The van der Waals surface area contributed by atoms with Crippen LogP contribution >= 0.6 is 15.9 Å². The van der Waals surface area contributed by atoms with Gasteiger partial charge >= 0.3 is 12.1 Å². The Morgan fingerprint density at radius 1 is 1.26 bits per heavy atom. The summed E-state index contributed by atoms with van der Waals surface area (Å²) in [5.74, 6) is -1.51. The van der Waals surface area contributed by atoms with Gasteiger partial charge in [0.15, 0.2) is 0 Å². The lowest BCUT2D eigenvalue weighted by Gasteiger charge is -2.29. The van der Waals surface area contributed by atoms with E-state index in [1.807, 2.05) is 0 Å². The molecule has 0 saturated carbocycles. The zero-order chi connectivity index (χ0) is 17.4. The Hall–Kier alpha value is -1.41. The largest absolute Gasteiger partial charge is 0.401 e. The van der Waals surface area contributed by atoms with Gasteiger partial charge in [-0.25, -0.2) is 0 Å². The number of amides is 1. The predicted molar refractivity (Wildman–Crippen MR) is 83.3 cm³/mol. The first-order chi connectivity index (χ1) is 10.6. The van der Waals surface area contributed by atoms with Crippen LogP contribution in [0.15, 0.2) is 22.7 Å². The van der Waals surface area contributed by atoms with Crippen molar-refractivity contribution in [3.63, 3.8) is 0 Å². The van der Waals surface area contributed by atoms with E-state index in [0.29, 0.717) is 10.2 Å². The van der Waals surface area contributed by atoms with Crippen molar-refractivity contribution >= 4 is 33.3 Å². The highest BCUT2D eigenvalue weighted by Gasteiger charge is 2.39. The maximum Gasteiger partial charge on any atom is 0.401 e. The number of Topliss-reactive ketones (excluding diaryl/α,β-unsaturated/α-hetero) is 1. The molecule has 1 aliphatic heterocycles. The number of hydrogen-bond acceptors (Lipinski definition) is 3. The molecule has 1 heterocycles. The Morgan fingerprint density at radius 3 is 2.48 bits per heavy atom. The average Bonchev–Trinajstić information content (AvgIpc) is 2.62. The summed E-state index contributed by atoms with van der Waals surface area (Å²) in [4.78, 5) is 26.4. The van der Waals surface area contributed by atoms with Crippen LogP contribution in [0.5, 0.6) is 0 Å². The molecule has 0 saturated heterocycles. The minimum absolute atomic E-state index is 0.00673. The smallest absolute Gasteiger partial charge is 0.291 e. The van der Waals surface area contributed by atoms with Gasteiger partial charge in [-0.1, -0.05) is 19.9 Å². The summed E-state index contributed by atoms with van der Waals surface area (Å²) in [6, 6.07) is 4.82. The van der Waals surface area contributed by atoms with E-state index in [9.17, 15) is 22.8 Å². The second-order valence-electron chi connectivity index (χ2n) is 5.86. The summed E-state index contributed by atoms with van der Waals surface area (Å²) in [5, 5.41) is 0. The average molecular weight is 393 g/mol. The number of anilines is 1. The van der Waals surface area contributed by atoms with E-state index in [0.717, 1.165) is 9.80 Å². The maximum absolute atomic E-state index is 12.7. The third-order valence-corrected chi connectivity index (χ3v) is 3.98. The monoisotopic (exact) mass is 392 g/mol. The van der Waals surface area contributed by atoms with Crippen LogP contribution in [0, 0.1) is 5.92 Å². The number of carbonyl (C=O) groups is 2. The van der Waals surface area contributed by atoms with Crippen molar-refractivity contribution in [1.29, 1.82) is 0 Å². The van der Waals surface area contributed by atoms with Crippen LogP contribution in [-0.2, 0) is 4.79 Å². The molecule has 8 heteroatoms. The maximum atomic E-state index is 12.7. The van der Waals surface area contributed by atoms with Crippen molar-refractivity contribution in [2.24, 2.45) is 5.92 Å². The Labute approximate surface area is 140 Å². The highest BCUT2D eigenvalue weighted by atomic mass is 79.9. The highest BCUT2D eigenvalue weighted by Crippen LogP contribution is 2.34. The van der Waals surface area contributed by atoms with Crippen molar-refractivity contribution in [3.8, 4) is 0 Å². The molecule has 1 aromatic carbocycles. The lowest BCUT2D eigenvalue weighted by atomic mass is 10.1. The minimum Gasteiger partial charge on any atom is -0.291 e. The summed E-state index contributed by atoms with van der Waals surface area (Å²) in [6.07, 6.45) is -4.37. The Bertz CT molecular complexity index is 632. The lowest BCUT2D eigenvalue weighted by Crippen LogP contribution is -2.46. The van der Waals surface area contributed by atoms with Crippen LogP contribution in [0.4, 0.5) is 18.9 Å². The van der Waals surface area contributed by atoms with Gasteiger partial charge in [0.2, 0.25) is 0 Å². The number of nitrogens with zero attached hydrogens (tertiary/aromatic N) is 2. The Balaban J connectivity index is 2.28. The summed E-state index contributed by atoms with van der Waals surface area (Å²) < 4.78 is 38.7. The van der Waals surface area contributed by atoms with Gasteiger partial charge in [-0.2, -0.15) is 13.2 Å². The van der Waals surface area contributed by atoms with E-state index in [2.05, 4.69) is 15.9 Å². The van der Waals surface area contributed by atoms with Crippen LogP contribution in [0.2, 0.25) is 0 Å². The number of rotatable bonds is 5. The zero-order valence-corrected chi connectivity index (χ0v) is 14.2. The second-order valence-corrected chi connectivity index (χ2v) is 6.71. The molecule has 0 bridgehead atoms. The van der Waals surface area contributed by atoms with Crippen LogP contribution in [-0.4, -0.2) is 42.5 Å². The second kappa shape index (κ2) is 6.60. The molecule has 0 radical (unpaired) electrons. The quantitative estimate of drug-likeness (QED) is 0.720. The molecule has 126 valence electrons. The van der Waals surface area contributed by atoms with Crippen LogP contribution in [0.1, 0.15) is 24.2 Å². The number of alkyl halides is 3. The molecule has 0 aliphatic carbocycles. The highest BCUT2D eigenvalue weighted by molar-refractivity contribution is 9.10. The van der Waals surface area contributed by atoms with E-state index >= 15 is 0 Å². The minimum atomic E-state index is -4.37. The SMILES string of the molecule is CC(C)CN(CN1C(=O)C(=O)c2c(Br)cccc21)CC(F)(F)F. The van der Waals surface area contributed by atoms with E-state index in [-0.39, 0.29) is 24.7 Å².